The Morgan fingerprint density at radius 3 is 2.67 bits per heavy atom. The Morgan fingerprint density at radius 1 is 1.22 bits per heavy atom. The highest BCUT2D eigenvalue weighted by Crippen LogP contribution is 2.24. The highest BCUT2D eigenvalue weighted by Gasteiger charge is 2.14. The largest absolute Gasteiger partial charge is 0.342 e. The van der Waals surface area contributed by atoms with Crippen LogP contribution in [0.5, 0.6) is 0 Å². The summed E-state index contributed by atoms with van der Waals surface area (Å²) >= 11 is 5.88. The van der Waals surface area contributed by atoms with Gasteiger partial charge in [0, 0.05) is 34.1 Å². The summed E-state index contributed by atoms with van der Waals surface area (Å²) in [4.78, 5) is 19.0. The fourth-order valence-corrected chi connectivity index (χ4v) is 2.78. The number of hydrogen-bond acceptors (Lipinski definition) is 2. The average Bonchev–Trinajstić information content (AvgIpc) is 3.10. The number of hydrogen-bond donors (Lipinski definition) is 2. The van der Waals surface area contributed by atoms with Crippen LogP contribution in [0.2, 0.25) is 5.02 Å². The van der Waals surface area contributed by atoms with Crippen molar-refractivity contribution in [2.45, 2.75) is 12.8 Å². The highest BCUT2D eigenvalue weighted by molar-refractivity contribution is 6.30. The highest BCUT2D eigenvalue weighted by atomic mass is 35.5. The van der Waals surface area contributed by atoms with Gasteiger partial charge in [0.1, 0.15) is 17.5 Å². The van der Waals surface area contributed by atoms with Crippen LogP contribution in [0, 0.1) is 11.6 Å². The number of halogens is 3. The first-order chi connectivity index (χ1) is 13.0. The van der Waals surface area contributed by atoms with Gasteiger partial charge in [-0.3, -0.25) is 4.79 Å². The molecule has 1 aromatic heterocycles. The van der Waals surface area contributed by atoms with Gasteiger partial charge in [-0.25, -0.2) is 13.8 Å². The Labute approximate surface area is 159 Å². The van der Waals surface area contributed by atoms with Crippen molar-refractivity contribution < 1.29 is 13.6 Å². The molecule has 0 bridgehead atoms. The number of aromatic amines is 1. The molecular weight excluding hydrogens is 372 g/mol. The lowest BCUT2D eigenvalue weighted by molar-refractivity contribution is -0.111. The zero-order valence-electron chi connectivity index (χ0n) is 14.2. The summed E-state index contributed by atoms with van der Waals surface area (Å²) in [7, 11) is 0. The van der Waals surface area contributed by atoms with Crippen molar-refractivity contribution in [3.05, 3.63) is 83.2 Å². The van der Waals surface area contributed by atoms with Gasteiger partial charge < -0.3 is 10.3 Å². The molecule has 0 fully saturated rings. The molecule has 138 valence electrons. The second kappa shape index (κ2) is 8.14. The molecule has 0 atom stereocenters. The Hall–Kier alpha value is -2.99. The van der Waals surface area contributed by atoms with Gasteiger partial charge >= 0.3 is 0 Å². The molecule has 0 aliphatic rings. The molecule has 3 aromatic rings. The van der Waals surface area contributed by atoms with Crippen LogP contribution in [0.3, 0.4) is 0 Å². The summed E-state index contributed by atoms with van der Waals surface area (Å²) in [6.45, 7) is 3.34. The Kier molecular flexibility index (Phi) is 5.66. The molecule has 1 amide bonds. The van der Waals surface area contributed by atoms with Crippen LogP contribution in [0.4, 0.5) is 14.5 Å². The standard InChI is InChI=1S/C20H16ClF2N3O/c1-2-19(27)26-18-10-14(22)9-17(23)16(18)8-7-15-11-24-20(25-15)12-3-5-13(21)6-4-12/h2-6,9-11H,1,7-8H2,(H,24,25)(H,26,27). The second-order valence-electron chi connectivity index (χ2n) is 5.87. The number of carbonyl (C=O) groups is 1. The second-order valence-corrected chi connectivity index (χ2v) is 6.31. The fourth-order valence-electron chi connectivity index (χ4n) is 2.65. The number of nitrogens with zero attached hydrogens (tertiary/aromatic N) is 1. The first kappa shape index (κ1) is 18.8. The van der Waals surface area contributed by atoms with Crippen LogP contribution < -0.4 is 5.32 Å². The van der Waals surface area contributed by atoms with E-state index in [2.05, 4.69) is 21.9 Å². The monoisotopic (exact) mass is 387 g/mol. The predicted octanol–water partition coefficient (Wildman–Crippen LogP) is 4.92. The topological polar surface area (TPSA) is 57.8 Å². The van der Waals surface area contributed by atoms with Crippen LogP contribution in [0.1, 0.15) is 11.3 Å². The lowest BCUT2D eigenvalue weighted by Crippen LogP contribution is -2.11. The van der Waals surface area contributed by atoms with Crippen LogP contribution in [0.15, 0.2) is 55.3 Å². The molecule has 2 aromatic carbocycles. The lowest BCUT2D eigenvalue weighted by Gasteiger charge is -2.11. The Morgan fingerprint density at radius 2 is 1.96 bits per heavy atom. The smallest absolute Gasteiger partial charge is 0.247 e. The maximum Gasteiger partial charge on any atom is 0.247 e. The van der Waals surface area contributed by atoms with Crippen molar-refractivity contribution in [2.24, 2.45) is 0 Å². The minimum Gasteiger partial charge on any atom is -0.342 e. The van der Waals surface area contributed by atoms with Crippen LogP contribution in [-0.4, -0.2) is 15.9 Å². The molecule has 0 aliphatic carbocycles. The normalized spacial score (nSPS) is 10.6. The van der Waals surface area contributed by atoms with E-state index in [1.165, 1.54) is 0 Å². The summed E-state index contributed by atoms with van der Waals surface area (Å²) in [5, 5.41) is 3.07. The fraction of sp³-hybridized carbons (Fsp3) is 0.100. The van der Waals surface area contributed by atoms with Gasteiger partial charge in [-0.1, -0.05) is 18.2 Å². The molecule has 0 saturated heterocycles. The molecule has 0 aliphatic heterocycles. The van der Waals surface area contributed by atoms with Crippen LogP contribution in [0.25, 0.3) is 11.4 Å². The van der Waals surface area contributed by atoms with Crippen molar-refractivity contribution >= 4 is 23.2 Å². The minimum absolute atomic E-state index is 0.0924. The molecule has 1 heterocycles. The lowest BCUT2D eigenvalue weighted by atomic mass is 10.0. The SMILES string of the molecule is C=CC(=O)Nc1cc(F)cc(F)c1CCc1cnc(-c2ccc(Cl)cc2)[nH]1. The third-order valence-electron chi connectivity index (χ3n) is 3.99. The number of aromatic nitrogens is 2. The summed E-state index contributed by atoms with van der Waals surface area (Å²) in [6, 6.07) is 9.10. The maximum absolute atomic E-state index is 14.2. The summed E-state index contributed by atoms with van der Waals surface area (Å²) in [5.74, 6) is -1.34. The zero-order chi connectivity index (χ0) is 19.4. The number of H-pyrrole nitrogens is 1. The molecule has 0 saturated carbocycles. The van der Waals surface area contributed by atoms with E-state index >= 15 is 0 Å². The molecular formula is C20H16ClF2N3O. The number of anilines is 1. The van der Waals surface area contributed by atoms with Crippen LogP contribution in [-0.2, 0) is 17.6 Å². The zero-order valence-corrected chi connectivity index (χ0v) is 15.0. The van der Waals surface area contributed by atoms with E-state index in [0.717, 1.165) is 29.5 Å². The molecule has 0 unspecified atom stereocenters. The van der Waals surface area contributed by atoms with Gasteiger partial charge in [0.15, 0.2) is 0 Å². The summed E-state index contributed by atoms with van der Waals surface area (Å²) < 4.78 is 27.7. The van der Waals surface area contributed by atoms with Gasteiger partial charge in [0.25, 0.3) is 0 Å². The molecule has 27 heavy (non-hydrogen) atoms. The number of benzene rings is 2. The van der Waals surface area contributed by atoms with Crippen molar-refractivity contribution in [1.82, 2.24) is 9.97 Å². The molecule has 0 spiro atoms. The number of amides is 1. The van der Waals surface area contributed by atoms with Crippen molar-refractivity contribution in [2.75, 3.05) is 5.32 Å². The quantitative estimate of drug-likeness (QED) is 0.590. The molecule has 7 heteroatoms. The van der Waals surface area contributed by atoms with Crippen molar-refractivity contribution in [3.63, 3.8) is 0 Å². The van der Waals surface area contributed by atoms with Crippen LogP contribution >= 0.6 is 11.6 Å². The summed E-state index contributed by atoms with van der Waals surface area (Å²) in [6.07, 6.45) is 3.38. The number of imidazole rings is 1. The van der Waals surface area contributed by atoms with E-state index in [4.69, 9.17) is 11.6 Å². The van der Waals surface area contributed by atoms with E-state index in [1.807, 2.05) is 12.1 Å². The van der Waals surface area contributed by atoms with Crippen molar-refractivity contribution in [1.29, 1.82) is 0 Å². The summed E-state index contributed by atoms with van der Waals surface area (Å²) in [5.41, 5.74) is 1.96. The maximum atomic E-state index is 14.2. The van der Waals surface area contributed by atoms with E-state index < -0.39 is 17.5 Å². The van der Waals surface area contributed by atoms with Gasteiger partial charge in [-0.2, -0.15) is 0 Å². The van der Waals surface area contributed by atoms with Gasteiger partial charge in [-0.05, 0) is 49.2 Å². The minimum atomic E-state index is -0.762. The van der Waals surface area contributed by atoms with E-state index in [-0.39, 0.29) is 17.7 Å². The van der Waals surface area contributed by atoms with Crippen molar-refractivity contribution in [3.8, 4) is 11.4 Å². The number of carbonyl (C=O) groups excluding carboxylic acids is 1. The number of aryl methyl sites for hydroxylation is 1. The number of rotatable bonds is 6. The average molecular weight is 388 g/mol. The number of nitrogens with one attached hydrogen (secondary N) is 2. The molecule has 2 N–H and O–H groups in total. The van der Waals surface area contributed by atoms with Gasteiger partial charge in [0.05, 0.1) is 5.69 Å². The Balaban J connectivity index is 1.78. The predicted molar refractivity (Wildman–Crippen MR) is 102 cm³/mol. The molecule has 0 radical (unpaired) electrons. The third-order valence-corrected chi connectivity index (χ3v) is 4.25. The molecule has 4 nitrogen and oxygen atoms in total. The van der Waals surface area contributed by atoms with E-state index in [1.54, 1.807) is 18.3 Å². The van der Waals surface area contributed by atoms with E-state index in [0.29, 0.717) is 17.3 Å². The first-order valence-electron chi connectivity index (χ1n) is 8.17. The third kappa shape index (κ3) is 4.60. The first-order valence-corrected chi connectivity index (χ1v) is 8.55. The van der Waals surface area contributed by atoms with Gasteiger partial charge in [0.2, 0.25) is 5.91 Å². The van der Waals surface area contributed by atoms with E-state index in [9.17, 15) is 13.6 Å². The molecule has 3 rings (SSSR count). The Bertz CT molecular complexity index is 983. The van der Waals surface area contributed by atoms with Gasteiger partial charge in [-0.15, -0.1) is 0 Å².